The summed E-state index contributed by atoms with van der Waals surface area (Å²) in [6, 6.07) is 0. The first-order chi connectivity index (χ1) is 7.53. The molecule has 0 saturated heterocycles. The molecule has 1 aliphatic carbocycles. The number of aliphatic hydroxyl groups excluding tert-OH is 1. The minimum atomic E-state index is -3.33. The molecular weight excluding hydrogens is 233 g/mol. The largest absolute Gasteiger partial charge is 0.393 e. The Kier molecular flexibility index (Phi) is 5.64. The topological polar surface area (TPSA) is 66.4 Å². The second-order valence-corrected chi connectivity index (χ2v) is 6.32. The van der Waals surface area contributed by atoms with Crippen LogP contribution in [0.4, 0.5) is 4.39 Å². The van der Waals surface area contributed by atoms with Crippen molar-refractivity contribution >= 4 is 10.0 Å². The highest BCUT2D eigenvalue weighted by Crippen LogP contribution is 2.23. The normalized spacial score (nSPS) is 26.9. The number of alkyl halides is 1. The fourth-order valence-corrected chi connectivity index (χ4v) is 3.13. The average Bonchev–Trinajstić information content (AvgIpc) is 2.24. The van der Waals surface area contributed by atoms with Crippen LogP contribution >= 0.6 is 0 Å². The van der Waals surface area contributed by atoms with E-state index in [-0.39, 0.29) is 24.2 Å². The van der Waals surface area contributed by atoms with Gasteiger partial charge < -0.3 is 5.11 Å². The molecular formula is C10H20FNO3S. The zero-order chi connectivity index (χ0) is 12.0. The zero-order valence-corrected chi connectivity index (χ0v) is 10.2. The van der Waals surface area contributed by atoms with Crippen LogP contribution in [-0.2, 0) is 10.0 Å². The molecule has 4 nitrogen and oxygen atoms in total. The van der Waals surface area contributed by atoms with E-state index in [0.29, 0.717) is 13.0 Å². The van der Waals surface area contributed by atoms with E-state index in [0.717, 1.165) is 19.3 Å². The molecule has 1 fully saturated rings. The second-order valence-electron chi connectivity index (χ2n) is 4.40. The molecule has 16 heavy (non-hydrogen) atoms. The summed E-state index contributed by atoms with van der Waals surface area (Å²) in [4.78, 5) is 0. The van der Waals surface area contributed by atoms with E-state index in [1.807, 2.05) is 0 Å². The van der Waals surface area contributed by atoms with E-state index >= 15 is 0 Å². The molecule has 96 valence electrons. The maximum atomic E-state index is 11.8. The fraction of sp³-hybridized carbons (Fsp3) is 1.00. The van der Waals surface area contributed by atoms with E-state index < -0.39 is 16.7 Å². The van der Waals surface area contributed by atoms with Crippen molar-refractivity contribution in [1.29, 1.82) is 0 Å². The number of sulfonamides is 1. The summed E-state index contributed by atoms with van der Waals surface area (Å²) < 4.78 is 37.1. The first kappa shape index (κ1) is 13.9. The maximum absolute atomic E-state index is 11.8. The number of rotatable bonds is 6. The van der Waals surface area contributed by atoms with Gasteiger partial charge >= 0.3 is 0 Å². The smallest absolute Gasteiger partial charge is 0.211 e. The fourth-order valence-electron chi connectivity index (χ4n) is 2.01. The van der Waals surface area contributed by atoms with Gasteiger partial charge in [0.15, 0.2) is 0 Å². The molecule has 1 aliphatic rings. The summed E-state index contributed by atoms with van der Waals surface area (Å²) in [6.07, 6.45) is 3.11. The van der Waals surface area contributed by atoms with Crippen LogP contribution in [0.2, 0.25) is 0 Å². The number of halogens is 1. The van der Waals surface area contributed by atoms with Gasteiger partial charge in [-0.15, -0.1) is 0 Å². The van der Waals surface area contributed by atoms with Crippen LogP contribution in [0.1, 0.15) is 32.1 Å². The van der Waals surface area contributed by atoms with Crippen LogP contribution in [0.25, 0.3) is 0 Å². The van der Waals surface area contributed by atoms with Crippen LogP contribution in [-0.4, -0.2) is 38.6 Å². The van der Waals surface area contributed by atoms with Crippen LogP contribution < -0.4 is 4.72 Å². The molecule has 0 aromatic heterocycles. The highest BCUT2D eigenvalue weighted by molar-refractivity contribution is 7.89. The minimum absolute atomic E-state index is 0.0443. The van der Waals surface area contributed by atoms with Crippen molar-refractivity contribution in [3.8, 4) is 0 Å². The van der Waals surface area contributed by atoms with Crippen molar-refractivity contribution in [2.75, 3.05) is 19.0 Å². The highest BCUT2D eigenvalue weighted by atomic mass is 32.2. The van der Waals surface area contributed by atoms with Crippen molar-refractivity contribution in [3.05, 3.63) is 0 Å². The Balaban J connectivity index is 2.27. The SMILES string of the molecule is O=S(=O)(CCCF)NCC1CCCC(O)C1. The van der Waals surface area contributed by atoms with Gasteiger partial charge in [-0.25, -0.2) is 13.1 Å². The van der Waals surface area contributed by atoms with Gasteiger partial charge in [0, 0.05) is 6.54 Å². The molecule has 6 heteroatoms. The van der Waals surface area contributed by atoms with Gasteiger partial charge in [-0.3, -0.25) is 4.39 Å². The number of nitrogens with one attached hydrogen (secondary N) is 1. The Morgan fingerprint density at radius 2 is 2.12 bits per heavy atom. The molecule has 0 aromatic carbocycles. The van der Waals surface area contributed by atoms with E-state index in [4.69, 9.17) is 0 Å². The third kappa shape index (κ3) is 5.23. The van der Waals surface area contributed by atoms with E-state index in [1.165, 1.54) is 0 Å². The van der Waals surface area contributed by atoms with Crippen LogP contribution in [0.3, 0.4) is 0 Å². The maximum Gasteiger partial charge on any atom is 0.211 e. The van der Waals surface area contributed by atoms with Gasteiger partial charge in [-0.1, -0.05) is 6.42 Å². The molecule has 0 aliphatic heterocycles. The second kappa shape index (κ2) is 6.51. The van der Waals surface area contributed by atoms with Gasteiger partial charge in [0.1, 0.15) is 0 Å². The lowest BCUT2D eigenvalue weighted by molar-refractivity contribution is 0.102. The predicted molar refractivity (Wildman–Crippen MR) is 60.3 cm³/mol. The third-order valence-electron chi connectivity index (χ3n) is 2.89. The van der Waals surface area contributed by atoms with Gasteiger partial charge in [0.05, 0.1) is 18.5 Å². The lowest BCUT2D eigenvalue weighted by Gasteiger charge is -2.25. The van der Waals surface area contributed by atoms with Crippen LogP contribution in [0, 0.1) is 5.92 Å². The minimum Gasteiger partial charge on any atom is -0.393 e. The van der Waals surface area contributed by atoms with Crippen molar-refractivity contribution in [1.82, 2.24) is 4.72 Å². The lowest BCUT2D eigenvalue weighted by atomic mass is 9.87. The van der Waals surface area contributed by atoms with E-state index in [9.17, 15) is 17.9 Å². The predicted octanol–water partition coefficient (Wildman–Crippen LogP) is 0.817. The van der Waals surface area contributed by atoms with Gasteiger partial charge in [-0.05, 0) is 31.6 Å². The molecule has 0 heterocycles. The summed E-state index contributed by atoms with van der Waals surface area (Å²) >= 11 is 0. The molecule has 2 atom stereocenters. The first-order valence-electron chi connectivity index (χ1n) is 5.75. The summed E-state index contributed by atoms with van der Waals surface area (Å²) in [5, 5.41) is 9.42. The van der Waals surface area contributed by atoms with Crippen LogP contribution in [0.5, 0.6) is 0 Å². The standard InChI is InChI=1S/C10H20FNO3S/c11-5-2-6-16(14,15)12-8-9-3-1-4-10(13)7-9/h9-10,12-13H,1-8H2. The lowest BCUT2D eigenvalue weighted by Crippen LogP contribution is -2.34. The van der Waals surface area contributed by atoms with E-state index in [2.05, 4.69) is 4.72 Å². The Hall–Kier alpha value is -0.200. The van der Waals surface area contributed by atoms with Crippen molar-refractivity contribution in [2.45, 2.75) is 38.2 Å². The first-order valence-corrected chi connectivity index (χ1v) is 7.40. The number of hydrogen-bond donors (Lipinski definition) is 2. The molecule has 2 unspecified atom stereocenters. The average molecular weight is 253 g/mol. The van der Waals surface area contributed by atoms with Crippen molar-refractivity contribution in [2.24, 2.45) is 5.92 Å². The highest BCUT2D eigenvalue weighted by Gasteiger charge is 2.21. The molecule has 0 spiro atoms. The third-order valence-corrected chi connectivity index (χ3v) is 4.33. The quantitative estimate of drug-likeness (QED) is 0.736. The Morgan fingerprint density at radius 3 is 2.75 bits per heavy atom. The summed E-state index contributed by atoms with van der Waals surface area (Å²) in [5.41, 5.74) is 0. The number of hydrogen-bond acceptors (Lipinski definition) is 3. The Morgan fingerprint density at radius 1 is 1.38 bits per heavy atom. The molecule has 2 N–H and O–H groups in total. The summed E-state index contributed by atoms with van der Waals surface area (Å²) in [6.45, 7) is -0.241. The monoisotopic (exact) mass is 253 g/mol. The summed E-state index contributed by atoms with van der Waals surface area (Å²) in [5.74, 6) is 0.0580. The van der Waals surface area contributed by atoms with Crippen molar-refractivity contribution < 1.29 is 17.9 Å². The van der Waals surface area contributed by atoms with Gasteiger partial charge in [-0.2, -0.15) is 0 Å². The molecule has 0 bridgehead atoms. The molecule has 0 amide bonds. The summed E-state index contributed by atoms with van der Waals surface area (Å²) in [7, 11) is -3.33. The van der Waals surface area contributed by atoms with E-state index in [1.54, 1.807) is 0 Å². The zero-order valence-electron chi connectivity index (χ0n) is 9.36. The molecule has 0 radical (unpaired) electrons. The van der Waals surface area contributed by atoms with Crippen molar-refractivity contribution in [3.63, 3.8) is 0 Å². The number of aliphatic hydroxyl groups is 1. The van der Waals surface area contributed by atoms with Gasteiger partial charge in [0.25, 0.3) is 0 Å². The Bertz CT molecular complexity index is 294. The molecule has 1 rings (SSSR count). The molecule has 1 saturated carbocycles. The van der Waals surface area contributed by atoms with Gasteiger partial charge in [0.2, 0.25) is 10.0 Å². The molecule has 0 aromatic rings. The van der Waals surface area contributed by atoms with Crippen LogP contribution in [0.15, 0.2) is 0 Å². The Labute approximate surface area is 96.3 Å².